The van der Waals surface area contributed by atoms with E-state index in [2.05, 4.69) is 15.6 Å². The number of thiazole rings is 1. The fourth-order valence-corrected chi connectivity index (χ4v) is 3.66. The topological polar surface area (TPSA) is 80.3 Å². The molecule has 32 heavy (non-hydrogen) atoms. The van der Waals surface area contributed by atoms with Gasteiger partial charge in [0, 0.05) is 17.9 Å². The van der Waals surface area contributed by atoms with Crippen LogP contribution >= 0.6 is 11.3 Å². The second-order valence-electron chi connectivity index (χ2n) is 6.91. The number of nitrogens with one attached hydrogen (secondary N) is 2. The van der Waals surface area contributed by atoms with E-state index in [1.807, 2.05) is 31.2 Å². The van der Waals surface area contributed by atoms with Crippen molar-refractivity contribution in [2.24, 2.45) is 0 Å². The summed E-state index contributed by atoms with van der Waals surface area (Å²) in [5.41, 5.74) is 1.44. The predicted molar refractivity (Wildman–Crippen MR) is 115 cm³/mol. The standard InChI is InChI=1S/C22H20F3N3O3S/c1-13(26-14(2)29)15-7-9-16(10-8-15)18-12-32-21(27-18)28-20(30)11-31-19-6-4-3-5-17(19)22(23,24)25/h3-10,12-13H,11H2,1-2H3,(H,26,29)(H,27,28,30). The maximum atomic E-state index is 13.0. The Labute approximate surface area is 186 Å². The van der Waals surface area contributed by atoms with Crippen molar-refractivity contribution >= 4 is 28.3 Å². The van der Waals surface area contributed by atoms with Crippen LogP contribution in [0.25, 0.3) is 11.3 Å². The molecule has 2 aromatic carbocycles. The Morgan fingerprint density at radius 2 is 1.81 bits per heavy atom. The number of ether oxygens (including phenoxy) is 1. The summed E-state index contributed by atoms with van der Waals surface area (Å²) in [6, 6.07) is 12.0. The zero-order chi connectivity index (χ0) is 23.3. The van der Waals surface area contributed by atoms with E-state index in [0.29, 0.717) is 10.8 Å². The first-order chi connectivity index (χ1) is 15.1. The summed E-state index contributed by atoms with van der Waals surface area (Å²) >= 11 is 1.19. The Hall–Kier alpha value is -3.40. The van der Waals surface area contributed by atoms with E-state index in [1.54, 1.807) is 5.38 Å². The smallest absolute Gasteiger partial charge is 0.419 e. The molecule has 2 amide bonds. The number of carbonyl (C=O) groups excluding carboxylic acids is 2. The Balaban J connectivity index is 1.60. The van der Waals surface area contributed by atoms with Crippen molar-refractivity contribution in [1.82, 2.24) is 10.3 Å². The number of carbonyl (C=O) groups is 2. The highest BCUT2D eigenvalue weighted by Gasteiger charge is 2.34. The number of nitrogens with zero attached hydrogens (tertiary/aromatic N) is 1. The average molecular weight is 463 g/mol. The molecule has 0 aliphatic heterocycles. The summed E-state index contributed by atoms with van der Waals surface area (Å²) < 4.78 is 44.1. The molecule has 0 radical (unpaired) electrons. The number of aromatic nitrogens is 1. The minimum atomic E-state index is -4.58. The van der Waals surface area contributed by atoms with Crippen molar-refractivity contribution < 1.29 is 27.5 Å². The van der Waals surface area contributed by atoms with E-state index in [0.717, 1.165) is 23.3 Å². The molecular weight excluding hydrogens is 443 g/mol. The summed E-state index contributed by atoms with van der Waals surface area (Å²) in [4.78, 5) is 27.6. The van der Waals surface area contributed by atoms with Gasteiger partial charge < -0.3 is 10.1 Å². The molecule has 1 atom stereocenters. The number of amides is 2. The Morgan fingerprint density at radius 1 is 1.12 bits per heavy atom. The summed E-state index contributed by atoms with van der Waals surface area (Å²) in [6.07, 6.45) is -4.58. The molecule has 6 nitrogen and oxygen atoms in total. The van der Waals surface area contributed by atoms with Crippen molar-refractivity contribution in [3.63, 3.8) is 0 Å². The Morgan fingerprint density at radius 3 is 2.47 bits per heavy atom. The van der Waals surface area contributed by atoms with E-state index < -0.39 is 30.0 Å². The van der Waals surface area contributed by atoms with E-state index in [1.165, 1.54) is 30.4 Å². The van der Waals surface area contributed by atoms with Crippen molar-refractivity contribution in [1.29, 1.82) is 0 Å². The van der Waals surface area contributed by atoms with Crippen LogP contribution in [0.1, 0.15) is 31.0 Å². The molecule has 0 saturated heterocycles. The molecule has 10 heteroatoms. The number of hydrogen-bond acceptors (Lipinski definition) is 5. The summed E-state index contributed by atoms with van der Waals surface area (Å²) in [6.45, 7) is 2.75. The van der Waals surface area contributed by atoms with Crippen LogP contribution in [0.4, 0.5) is 18.3 Å². The molecule has 0 aliphatic carbocycles. The molecule has 1 aromatic heterocycles. The third-order valence-electron chi connectivity index (χ3n) is 4.43. The molecule has 1 heterocycles. The lowest BCUT2D eigenvalue weighted by atomic mass is 10.1. The predicted octanol–water partition coefficient (Wildman–Crippen LogP) is 5.04. The monoisotopic (exact) mass is 463 g/mol. The van der Waals surface area contributed by atoms with Crippen molar-refractivity contribution in [3.8, 4) is 17.0 Å². The van der Waals surface area contributed by atoms with Crippen LogP contribution in [0.5, 0.6) is 5.75 Å². The number of rotatable bonds is 7. The van der Waals surface area contributed by atoms with Gasteiger partial charge in [-0.2, -0.15) is 13.2 Å². The molecule has 2 N–H and O–H groups in total. The third-order valence-corrected chi connectivity index (χ3v) is 5.19. The highest BCUT2D eigenvalue weighted by Crippen LogP contribution is 2.35. The first kappa shape index (κ1) is 23.3. The molecule has 0 fully saturated rings. The van der Waals surface area contributed by atoms with Gasteiger partial charge in [0.15, 0.2) is 11.7 Å². The maximum absolute atomic E-state index is 13.0. The highest BCUT2D eigenvalue weighted by atomic mass is 32.1. The van der Waals surface area contributed by atoms with Gasteiger partial charge in [-0.05, 0) is 24.6 Å². The lowest BCUT2D eigenvalue weighted by molar-refractivity contribution is -0.139. The molecular formula is C22H20F3N3O3S. The largest absolute Gasteiger partial charge is 0.483 e. The van der Waals surface area contributed by atoms with Crippen molar-refractivity contribution in [2.75, 3.05) is 11.9 Å². The first-order valence-electron chi connectivity index (χ1n) is 9.55. The van der Waals surface area contributed by atoms with E-state index >= 15 is 0 Å². The number of hydrogen-bond donors (Lipinski definition) is 2. The van der Waals surface area contributed by atoms with Gasteiger partial charge in [-0.25, -0.2) is 4.98 Å². The fraction of sp³-hybridized carbons (Fsp3) is 0.227. The average Bonchev–Trinajstić information content (AvgIpc) is 3.20. The van der Waals surface area contributed by atoms with Crippen LogP contribution in [0, 0.1) is 0 Å². The normalized spacial score (nSPS) is 12.2. The van der Waals surface area contributed by atoms with E-state index in [-0.39, 0.29) is 11.9 Å². The summed E-state index contributed by atoms with van der Waals surface area (Å²) in [5.74, 6) is -1.15. The molecule has 1 unspecified atom stereocenters. The van der Waals surface area contributed by atoms with Gasteiger partial charge in [-0.15, -0.1) is 11.3 Å². The highest BCUT2D eigenvalue weighted by molar-refractivity contribution is 7.14. The van der Waals surface area contributed by atoms with Gasteiger partial charge in [-0.1, -0.05) is 36.4 Å². The number of halogens is 3. The van der Waals surface area contributed by atoms with Gasteiger partial charge in [0.2, 0.25) is 5.91 Å². The number of para-hydroxylation sites is 1. The molecule has 3 rings (SSSR count). The van der Waals surface area contributed by atoms with Crippen LogP contribution in [-0.2, 0) is 15.8 Å². The molecule has 0 saturated carbocycles. The second kappa shape index (κ2) is 9.82. The van der Waals surface area contributed by atoms with Gasteiger partial charge in [0.25, 0.3) is 5.91 Å². The van der Waals surface area contributed by atoms with Crippen molar-refractivity contribution in [2.45, 2.75) is 26.1 Å². The van der Waals surface area contributed by atoms with Gasteiger partial charge in [0.05, 0.1) is 17.3 Å². The van der Waals surface area contributed by atoms with Crippen molar-refractivity contribution in [3.05, 3.63) is 65.0 Å². The fourth-order valence-electron chi connectivity index (χ4n) is 2.92. The summed E-state index contributed by atoms with van der Waals surface area (Å²) in [7, 11) is 0. The molecule has 3 aromatic rings. The van der Waals surface area contributed by atoms with Gasteiger partial charge >= 0.3 is 6.18 Å². The summed E-state index contributed by atoms with van der Waals surface area (Å²) in [5, 5.41) is 7.38. The molecule has 168 valence electrons. The molecule has 0 bridgehead atoms. The van der Waals surface area contributed by atoms with Crippen LogP contribution in [0.2, 0.25) is 0 Å². The SMILES string of the molecule is CC(=O)NC(C)c1ccc(-c2csc(NC(=O)COc3ccccc3C(F)(F)F)n2)cc1. The lowest BCUT2D eigenvalue weighted by Gasteiger charge is -2.13. The molecule has 0 spiro atoms. The zero-order valence-corrected chi connectivity index (χ0v) is 18.0. The number of alkyl halides is 3. The number of anilines is 1. The van der Waals surface area contributed by atoms with Crippen LogP contribution < -0.4 is 15.4 Å². The van der Waals surface area contributed by atoms with E-state index in [4.69, 9.17) is 4.74 Å². The van der Waals surface area contributed by atoms with Crippen LogP contribution in [0.3, 0.4) is 0 Å². The van der Waals surface area contributed by atoms with Crippen LogP contribution in [0.15, 0.2) is 53.9 Å². The Kier molecular flexibility index (Phi) is 7.14. The Bertz CT molecular complexity index is 1100. The lowest BCUT2D eigenvalue weighted by Crippen LogP contribution is -2.23. The minimum Gasteiger partial charge on any atom is -0.483 e. The third kappa shape index (κ3) is 6.07. The van der Waals surface area contributed by atoms with Gasteiger partial charge in [0.1, 0.15) is 5.75 Å². The zero-order valence-electron chi connectivity index (χ0n) is 17.2. The minimum absolute atomic E-state index is 0.118. The molecule has 0 aliphatic rings. The quantitative estimate of drug-likeness (QED) is 0.514. The van der Waals surface area contributed by atoms with Gasteiger partial charge in [-0.3, -0.25) is 14.9 Å². The number of benzene rings is 2. The van der Waals surface area contributed by atoms with E-state index in [9.17, 15) is 22.8 Å². The maximum Gasteiger partial charge on any atom is 0.419 e. The second-order valence-corrected chi connectivity index (χ2v) is 7.77. The van der Waals surface area contributed by atoms with Crippen LogP contribution in [-0.4, -0.2) is 23.4 Å². The first-order valence-corrected chi connectivity index (χ1v) is 10.4.